The summed E-state index contributed by atoms with van der Waals surface area (Å²) in [7, 11) is 0. The van der Waals surface area contributed by atoms with Crippen LogP contribution in [0, 0.1) is 5.82 Å². The van der Waals surface area contributed by atoms with E-state index < -0.39 is 12.0 Å². The van der Waals surface area contributed by atoms with E-state index in [1.54, 1.807) is 0 Å². The molecule has 0 aliphatic heterocycles. The van der Waals surface area contributed by atoms with Crippen LogP contribution in [0.3, 0.4) is 0 Å². The van der Waals surface area contributed by atoms with Crippen LogP contribution in [-0.2, 0) is 0 Å². The molecule has 0 aromatic heterocycles. The summed E-state index contributed by atoms with van der Waals surface area (Å²) in [6, 6.07) is 10.0. The standard InChI is InChI=1S/C15H11FO3/c16-9-3-1-8(2-4-9)13-12-7-10(17)5-6-11(12)14(18)15(13)19/h1-7,13,15,17,19H/t13-,15+/m0/s1. The van der Waals surface area contributed by atoms with E-state index in [1.807, 2.05) is 0 Å². The molecule has 3 rings (SSSR count). The van der Waals surface area contributed by atoms with E-state index in [0.29, 0.717) is 16.7 Å². The number of halogens is 1. The molecule has 96 valence electrons. The maximum atomic E-state index is 12.9. The van der Waals surface area contributed by atoms with Crippen molar-refractivity contribution in [1.29, 1.82) is 0 Å². The van der Waals surface area contributed by atoms with Crippen LogP contribution in [0.25, 0.3) is 0 Å². The van der Waals surface area contributed by atoms with E-state index in [4.69, 9.17) is 0 Å². The highest BCUT2D eigenvalue weighted by Gasteiger charge is 2.39. The lowest BCUT2D eigenvalue weighted by Crippen LogP contribution is -2.20. The number of carbonyl (C=O) groups excluding carboxylic acids is 1. The molecule has 3 nitrogen and oxygen atoms in total. The molecule has 1 aliphatic rings. The summed E-state index contributed by atoms with van der Waals surface area (Å²) in [6.45, 7) is 0. The number of Topliss-reactive ketones (excluding diaryl/α,β-unsaturated/α-hetero) is 1. The normalized spacial score (nSPS) is 21.5. The van der Waals surface area contributed by atoms with E-state index >= 15 is 0 Å². The third-order valence-corrected chi connectivity index (χ3v) is 3.45. The van der Waals surface area contributed by atoms with E-state index in [0.717, 1.165) is 0 Å². The number of hydrogen-bond acceptors (Lipinski definition) is 3. The molecule has 0 bridgehead atoms. The minimum absolute atomic E-state index is 0.0350. The summed E-state index contributed by atoms with van der Waals surface area (Å²) in [6.07, 6.45) is -1.19. The van der Waals surface area contributed by atoms with Gasteiger partial charge in [0.05, 0.1) is 0 Å². The molecule has 0 radical (unpaired) electrons. The van der Waals surface area contributed by atoms with Gasteiger partial charge in [-0.05, 0) is 41.5 Å². The van der Waals surface area contributed by atoms with Crippen molar-refractivity contribution in [3.8, 4) is 5.75 Å². The molecule has 0 spiro atoms. The molecule has 4 heteroatoms. The van der Waals surface area contributed by atoms with Crippen LogP contribution in [0.4, 0.5) is 4.39 Å². The summed E-state index contributed by atoms with van der Waals surface area (Å²) in [5, 5.41) is 19.6. The Morgan fingerprint density at radius 2 is 1.74 bits per heavy atom. The van der Waals surface area contributed by atoms with Gasteiger partial charge in [-0.15, -0.1) is 0 Å². The molecule has 0 amide bonds. The summed E-state index contributed by atoms with van der Waals surface area (Å²) in [5.74, 6) is -1.27. The quantitative estimate of drug-likeness (QED) is 0.824. The maximum Gasteiger partial charge on any atom is 0.192 e. The molecule has 1 aliphatic carbocycles. The first-order valence-electron chi connectivity index (χ1n) is 5.88. The van der Waals surface area contributed by atoms with Crippen molar-refractivity contribution in [2.75, 3.05) is 0 Å². The van der Waals surface area contributed by atoms with E-state index in [-0.39, 0.29) is 17.3 Å². The van der Waals surface area contributed by atoms with Crippen molar-refractivity contribution >= 4 is 5.78 Å². The highest BCUT2D eigenvalue weighted by atomic mass is 19.1. The Morgan fingerprint density at radius 1 is 1.05 bits per heavy atom. The van der Waals surface area contributed by atoms with Crippen molar-refractivity contribution in [2.24, 2.45) is 0 Å². The number of aliphatic hydroxyl groups excluding tert-OH is 1. The van der Waals surface area contributed by atoms with Gasteiger partial charge in [-0.25, -0.2) is 4.39 Å². The minimum atomic E-state index is -1.19. The fraction of sp³-hybridized carbons (Fsp3) is 0.133. The van der Waals surface area contributed by atoms with Gasteiger partial charge >= 0.3 is 0 Å². The molecule has 0 saturated carbocycles. The van der Waals surface area contributed by atoms with Crippen molar-refractivity contribution in [3.63, 3.8) is 0 Å². The molecule has 2 aromatic rings. The third-order valence-electron chi connectivity index (χ3n) is 3.45. The second-order valence-electron chi connectivity index (χ2n) is 4.61. The fourth-order valence-electron chi connectivity index (χ4n) is 2.54. The number of aliphatic hydroxyl groups is 1. The molecule has 0 heterocycles. The van der Waals surface area contributed by atoms with Crippen molar-refractivity contribution < 1.29 is 19.4 Å². The number of fused-ring (bicyclic) bond motifs is 1. The van der Waals surface area contributed by atoms with Crippen LogP contribution in [0.15, 0.2) is 42.5 Å². The number of ketones is 1. The Bertz CT molecular complexity index is 649. The van der Waals surface area contributed by atoms with Crippen LogP contribution < -0.4 is 0 Å². The number of carbonyl (C=O) groups is 1. The first-order valence-corrected chi connectivity index (χ1v) is 5.88. The molecule has 0 fully saturated rings. The number of aromatic hydroxyl groups is 1. The van der Waals surface area contributed by atoms with Crippen LogP contribution >= 0.6 is 0 Å². The number of phenolic OH excluding ortho intramolecular Hbond substituents is 1. The molecule has 0 unspecified atom stereocenters. The Labute approximate surface area is 108 Å². The van der Waals surface area contributed by atoms with Crippen LogP contribution in [0.1, 0.15) is 27.4 Å². The molecular weight excluding hydrogens is 247 g/mol. The highest BCUT2D eigenvalue weighted by molar-refractivity contribution is 6.05. The first-order chi connectivity index (χ1) is 9.08. The Hall–Kier alpha value is -2.20. The first kappa shape index (κ1) is 11.9. The summed E-state index contributed by atoms with van der Waals surface area (Å²) in [4.78, 5) is 12.0. The zero-order valence-corrected chi connectivity index (χ0v) is 9.88. The number of rotatable bonds is 1. The second-order valence-corrected chi connectivity index (χ2v) is 4.61. The summed E-state index contributed by atoms with van der Waals surface area (Å²) in [5.41, 5.74) is 1.62. The lowest BCUT2D eigenvalue weighted by molar-refractivity contribution is 0.0754. The SMILES string of the molecule is O=C1c2ccc(O)cc2[C@H](c2ccc(F)cc2)[C@H]1O. The van der Waals surface area contributed by atoms with Gasteiger partial charge in [0.2, 0.25) is 0 Å². The average molecular weight is 258 g/mol. The van der Waals surface area contributed by atoms with Crippen LogP contribution in [0.5, 0.6) is 5.75 Å². The fourth-order valence-corrected chi connectivity index (χ4v) is 2.54. The zero-order chi connectivity index (χ0) is 13.6. The zero-order valence-electron chi connectivity index (χ0n) is 9.88. The largest absolute Gasteiger partial charge is 0.508 e. The molecule has 0 saturated heterocycles. The van der Waals surface area contributed by atoms with E-state index in [1.165, 1.54) is 42.5 Å². The minimum Gasteiger partial charge on any atom is -0.508 e. The summed E-state index contributed by atoms with van der Waals surface area (Å²) >= 11 is 0. The molecule has 2 N–H and O–H groups in total. The van der Waals surface area contributed by atoms with Gasteiger partial charge in [-0.1, -0.05) is 12.1 Å². The van der Waals surface area contributed by atoms with Gasteiger partial charge in [0.25, 0.3) is 0 Å². The Kier molecular flexibility index (Phi) is 2.61. The van der Waals surface area contributed by atoms with E-state index in [9.17, 15) is 19.4 Å². The lowest BCUT2D eigenvalue weighted by atomic mass is 9.91. The van der Waals surface area contributed by atoms with Gasteiger partial charge in [0.1, 0.15) is 17.7 Å². The molecular formula is C15H11FO3. The smallest absolute Gasteiger partial charge is 0.192 e. The number of benzene rings is 2. The third kappa shape index (κ3) is 1.81. The number of hydrogen-bond donors (Lipinski definition) is 2. The van der Waals surface area contributed by atoms with Gasteiger partial charge in [-0.2, -0.15) is 0 Å². The highest BCUT2D eigenvalue weighted by Crippen LogP contribution is 2.39. The maximum absolute atomic E-state index is 12.9. The van der Waals surface area contributed by atoms with Crippen LogP contribution in [0.2, 0.25) is 0 Å². The Morgan fingerprint density at radius 3 is 2.42 bits per heavy atom. The van der Waals surface area contributed by atoms with Crippen molar-refractivity contribution in [2.45, 2.75) is 12.0 Å². The summed E-state index contributed by atoms with van der Waals surface area (Å²) < 4.78 is 12.9. The van der Waals surface area contributed by atoms with Gasteiger partial charge in [0.15, 0.2) is 5.78 Å². The molecule has 19 heavy (non-hydrogen) atoms. The van der Waals surface area contributed by atoms with Gasteiger partial charge < -0.3 is 10.2 Å². The predicted octanol–water partition coefficient (Wildman–Crippen LogP) is 2.22. The van der Waals surface area contributed by atoms with Gasteiger partial charge in [0, 0.05) is 11.5 Å². The van der Waals surface area contributed by atoms with Crippen molar-refractivity contribution in [1.82, 2.24) is 0 Å². The van der Waals surface area contributed by atoms with Crippen LogP contribution in [-0.4, -0.2) is 22.1 Å². The van der Waals surface area contributed by atoms with E-state index in [2.05, 4.69) is 0 Å². The topological polar surface area (TPSA) is 57.5 Å². The predicted molar refractivity (Wildman–Crippen MR) is 66.7 cm³/mol. The van der Waals surface area contributed by atoms with Crippen molar-refractivity contribution in [3.05, 3.63) is 65.0 Å². The number of phenols is 1. The monoisotopic (exact) mass is 258 g/mol. The Balaban J connectivity index is 2.15. The molecule has 2 aromatic carbocycles. The van der Waals surface area contributed by atoms with Gasteiger partial charge in [-0.3, -0.25) is 4.79 Å². The molecule has 2 atom stereocenters. The lowest BCUT2D eigenvalue weighted by Gasteiger charge is -2.15. The average Bonchev–Trinajstić information content (AvgIpc) is 2.63. The second kappa shape index (κ2) is 4.17.